The molecule has 0 aliphatic carbocycles. The lowest BCUT2D eigenvalue weighted by Gasteiger charge is -2.08. The summed E-state index contributed by atoms with van der Waals surface area (Å²) in [4.78, 5) is 12.1. The van der Waals surface area contributed by atoms with E-state index >= 15 is 0 Å². The molecule has 110 valence electrons. The third-order valence-electron chi connectivity index (χ3n) is 3.02. The molecule has 0 aromatic heterocycles. The van der Waals surface area contributed by atoms with E-state index in [2.05, 4.69) is 5.32 Å². The number of methoxy groups -OCH3 is 1. The van der Waals surface area contributed by atoms with E-state index in [1.165, 1.54) is 0 Å². The van der Waals surface area contributed by atoms with E-state index in [1.807, 2.05) is 37.3 Å². The highest BCUT2D eigenvalue weighted by Crippen LogP contribution is 2.14. The van der Waals surface area contributed by atoms with Crippen LogP contribution in [0, 0.1) is 0 Å². The van der Waals surface area contributed by atoms with Gasteiger partial charge in [0, 0.05) is 12.1 Å². The lowest BCUT2D eigenvalue weighted by Crippen LogP contribution is -2.22. The van der Waals surface area contributed by atoms with Gasteiger partial charge in [0.2, 0.25) is 0 Å². The van der Waals surface area contributed by atoms with Crippen molar-refractivity contribution in [2.45, 2.75) is 13.5 Å². The average Bonchev–Trinajstić information content (AvgIpc) is 2.54. The summed E-state index contributed by atoms with van der Waals surface area (Å²) < 4.78 is 10.5. The molecule has 2 rings (SSSR count). The first-order valence-corrected chi connectivity index (χ1v) is 6.87. The monoisotopic (exact) mass is 285 g/mol. The predicted octanol–water partition coefficient (Wildman–Crippen LogP) is 3.02. The molecule has 0 atom stereocenters. The highest BCUT2D eigenvalue weighted by molar-refractivity contribution is 5.94. The fourth-order valence-electron chi connectivity index (χ4n) is 1.92. The summed E-state index contributed by atoms with van der Waals surface area (Å²) in [7, 11) is 1.58. The quantitative estimate of drug-likeness (QED) is 0.887. The average molecular weight is 285 g/mol. The van der Waals surface area contributed by atoms with Crippen LogP contribution in [0.3, 0.4) is 0 Å². The molecule has 0 aliphatic heterocycles. The van der Waals surface area contributed by atoms with Crippen LogP contribution in [0.25, 0.3) is 0 Å². The minimum atomic E-state index is -0.122. The molecule has 2 aromatic rings. The first-order chi connectivity index (χ1) is 10.2. The standard InChI is InChI=1S/C17H19NO3/c1-3-21-15-9-7-13(8-10-15)12-18-17(19)14-5-4-6-16(11-14)20-2/h4-11H,3,12H2,1-2H3,(H,18,19). The molecule has 1 amide bonds. The van der Waals surface area contributed by atoms with Crippen LogP contribution in [0.15, 0.2) is 48.5 Å². The topological polar surface area (TPSA) is 47.6 Å². The number of hydrogen-bond donors (Lipinski definition) is 1. The summed E-state index contributed by atoms with van der Waals surface area (Å²) in [5.74, 6) is 1.38. The molecule has 0 saturated heterocycles. The summed E-state index contributed by atoms with van der Waals surface area (Å²) >= 11 is 0. The molecule has 0 heterocycles. The normalized spacial score (nSPS) is 10.0. The SMILES string of the molecule is CCOc1ccc(CNC(=O)c2cccc(OC)c2)cc1. The van der Waals surface area contributed by atoms with Gasteiger partial charge in [-0.3, -0.25) is 4.79 Å². The first kappa shape index (κ1) is 14.9. The van der Waals surface area contributed by atoms with E-state index in [4.69, 9.17) is 9.47 Å². The van der Waals surface area contributed by atoms with E-state index in [-0.39, 0.29) is 5.91 Å². The molecule has 0 fully saturated rings. The lowest BCUT2D eigenvalue weighted by atomic mass is 10.2. The second-order valence-corrected chi connectivity index (χ2v) is 4.49. The molecule has 0 saturated carbocycles. The Bertz CT molecular complexity index is 593. The molecule has 4 heteroatoms. The fraction of sp³-hybridized carbons (Fsp3) is 0.235. The van der Waals surface area contributed by atoms with Crippen molar-refractivity contribution in [1.82, 2.24) is 5.32 Å². The van der Waals surface area contributed by atoms with Gasteiger partial charge in [-0.1, -0.05) is 18.2 Å². The van der Waals surface area contributed by atoms with Crippen molar-refractivity contribution in [2.75, 3.05) is 13.7 Å². The minimum absolute atomic E-state index is 0.122. The van der Waals surface area contributed by atoms with E-state index in [1.54, 1.807) is 25.3 Å². The molecule has 21 heavy (non-hydrogen) atoms. The van der Waals surface area contributed by atoms with Crippen LogP contribution in [-0.4, -0.2) is 19.6 Å². The Kier molecular flexibility index (Phi) is 5.21. The smallest absolute Gasteiger partial charge is 0.251 e. The molecule has 0 aliphatic rings. The molecule has 0 spiro atoms. The number of benzene rings is 2. The highest BCUT2D eigenvalue weighted by atomic mass is 16.5. The Labute approximate surface area is 124 Å². The molecule has 2 aromatic carbocycles. The van der Waals surface area contributed by atoms with Gasteiger partial charge < -0.3 is 14.8 Å². The van der Waals surface area contributed by atoms with Crippen molar-refractivity contribution < 1.29 is 14.3 Å². The third kappa shape index (κ3) is 4.24. The van der Waals surface area contributed by atoms with Crippen LogP contribution in [-0.2, 0) is 6.54 Å². The van der Waals surface area contributed by atoms with Gasteiger partial charge >= 0.3 is 0 Å². The minimum Gasteiger partial charge on any atom is -0.497 e. The van der Waals surface area contributed by atoms with Crippen LogP contribution in [0.2, 0.25) is 0 Å². The molecular formula is C17H19NO3. The number of rotatable bonds is 6. The van der Waals surface area contributed by atoms with Crippen molar-refractivity contribution >= 4 is 5.91 Å². The number of nitrogens with one attached hydrogen (secondary N) is 1. The molecule has 0 radical (unpaired) electrons. The Hall–Kier alpha value is -2.49. The number of amides is 1. The van der Waals surface area contributed by atoms with Crippen molar-refractivity contribution in [3.63, 3.8) is 0 Å². The molecule has 0 bridgehead atoms. The zero-order chi connectivity index (χ0) is 15.1. The molecular weight excluding hydrogens is 266 g/mol. The van der Waals surface area contributed by atoms with Gasteiger partial charge in [-0.25, -0.2) is 0 Å². The van der Waals surface area contributed by atoms with Crippen LogP contribution in [0.4, 0.5) is 0 Å². The van der Waals surface area contributed by atoms with Crippen molar-refractivity contribution in [1.29, 1.82) is 0 Å². The maximum Gasteiger partial charge on any atom is 0.251 e. The maximum absolute atomic E-state index is 12.1. The van der Waals surface area contributed by atoms with Crippen LogP contribution in [0.1, 0.15) is 22.8 Å². The van der Waals surface area contributed by atoms with E-state index in [9.17, 15) is 4.79 Å². The summed E-state index contributed by atoms with van der Waals surface area (Å²) in [5, 5.41) is 2.88. The van der Waals surface area contributed by atoms with Crippen molar-refractivity contribution in [3.8, 4) is 11.5 Å². The summed E-state index contributed by atoms with van der Waals surface area (Å²) in [5.41, 5.74) is 1.61. The maximum atomic E-state index is 12.1. The van der Waals surface area contributed by atoms with Crippen LogP contribution < -0.4 is 14.8 Å². The predicted molar refractivity (Wildman–Crippen MR) is 81.8 cm³/mol. The number of carbonyl (C=O) groups excluding carboxylic acids is 1. The van der Waals surface area contributed by atoms with Gasteiger partial charge in [-0.15, -0.1) is 0 Å². The summed E-state index contributed by atoms with van der Waals surface area (Å²) in [6.07, 6.45) is 0. The second-order valence-electron chi connectivity index (χ2n) is 4.49. The van der Waals surface area contributed by atoms with Crippen LogP contribution >= 0.6 is 0 Å². The fourth-order valence-corrected chi connectivity index (χ4v) is 1.92. The van der Waals surface area contributed by atoms with Gasteiger partial charge in [0.25, 0.3) is 5.91 Å². The van der Waals surface area contributed by atoms with Gasteiger partial charge in [-0.2, -0.15) is 0 Å². The molecule has 0 unspecified atom stereocenters. The van der Waals surface area contributed by atoms with Gasteiger partial charge in [0.15, 0.2) is 0 Å². The summed E-state index contributed by atoms with van der Waals surface area (Å²) in [6, 6.07) is 14.8. The van der Waals surface area contributed by atoms with Crippen molar-refractivity contribution in [2.24, 2.45) is 0 Å². The van der Waals surface area contributed by atoms with Gasteiger partial charge in [0.05, 0.1) is 13.7 Å². The zero-order valence-corrected chi connectivity index (χ0v) is 12.3. The Balaban J connectivity index is 1.93. The zero-order valence-electron chi connectivity index (χ0n) is 12.3. The Morgan fingerprint density at radius 3 is 2.52 bits per heavy atom. The van der Waals surface area contributed by atoms with Gasteiger partial charge in [-0.05, 0) is 42.8 Å². The number of hydrogen-bond acceptors (Lipinski definition) is 3. The summed E-state index contributed by atoms with van der Waals surface area (Å²) in [6.45, 7) is 3.07. The van der Waals surface area contributed by atoms with E-state index in [0.29, 0.717) is 24.5 Å². The third-order valence-corrected chi connectivity index (χ3v) is 3.02. The van der Waals surface area contributed by atoms with E-state index in [0.717, 1.165) is 11.3 Å². The Morgan fingerprint density at radius 2 is 1.86 bits per heavy atom. The van der Waals surface area contributed by atoms with Crippen LogP contribution in [0.5, 0.6) is 11.5 Å². The second kappa shape index (κ2) is 7.33. The highest BCUT2D eigenvalue weighted by Gasteiger charge is 2.06. The number of carbonyl (C=O) groups is 1. The largest absolute Gasteiger partial charge is 0.497 e. The Morgan fingerprint density at radius 1 is 1.10 bits per heavy atom. The molecule has 1 N–H and O–H groups in total. The lowest BCUT2D eigenvalue weighted by molar-refractivity contribution is 0.0950. The van der Waals surface area contributed by atoms with Gasteiger partial charge in [0.1, 0.15) is 11.5 Å². The van der Waals surface area contributed by atoms with E-state index < -0.39 is 0 Å². The van der Waals surface area contributed by atoms with Crippen molar-refractivity contribution in [3.05, 3.63) is 59.7 Å². The first-order valence-electron chi connectivity index (χ1n) is 6.87. The molecule has 4 nitrogen and oxygen atoms in total. The number of ether oxygens (including phenoxy) is 2.